The number of aryl methyl sites for hydroxylation is 2. The van der Waals surface area contributed by atoms with E-state index in [0.717, 1.165) is 22.3 Å². The molecule has 0 fully saturated rings. The van der Waals surface area contributed by atoms with Gasteiger partial charge in [0.05, 0.1) is 28.4 Å². The van der Waals surface area contributed by atoms with Crippen molar-refractivity contribution in [1.82, 2.24) is 0 Å². The minimum atomic E-state index is -0.160. The van der Waals surface area contributed by atoms with Gasteiger partial charge in [0, 0.05) is 35.1 Å². The van der Waals surface area contributed by atoms with Gasteiger partial charge in [0.25, 0.3) is 0 Å². The van der Waals surface area contributed by atoms with Crippen LogP contribution in [0.1, 0.15) is 33.4 Å². The smallest absolute Gasteiger partial charge is 0.165 e. The van der Waals surface area contributed by atoms with E-state index in [1.165, 1.54) is 28.4 Å². The molecule has 4 aromatic carbocycles. The maximum Gasteiger partial charge on any atom is 0.165 e. The lowest BCUT2D eigenvalue weighted by Crippen LogP contribution is -1.98. The average Bonchev–Trinajstić information content (AvgIpc) is 2.93. The highest BCUT2D eigenvalue weighted by atomic mass is 16.5. The number of hydrogen-bond donors (Lipinski definition) is 4. The Morgan fingerprint density at radius 1 is 0.450 bits per heavy atom. The summed E-state index contributed by atoms with van der Waals surface area (Å²) >= 11 is 0. The van der Waals surface area contributed by atoms with Crippen molar-refractivity contribution >= 4 is 0 Å². The number of methoxy groups -OCH3 is 4. The molecular formula is C32H34O8. The summed E-state index contributed by atoms with van der Waals surface area (Å²) in [6, 6.07) is 14.1. The van der Waals surface area contributed by atoms with Crippen LogP contribution in [0.3, 0.4) is 0 Å². The molecule has 0 aliphatic heterocycles. The second-order valence-electron chi connectivity index (χ2n) is 9.69. The Morgan fingerprint density at radius 2 is 0.775 bits per heavy atom. The lowest BCUT2D eigenvalue weighted by atomic mass is 9.93. The van der Waals surface area contributed by atoms with E-state index in [2.05, 4.69) is 0 Å². The summed E-state index contributed by atoms with van der Waals surface area (Å²) < 4.78 is 21.5. The number of benzene rings is 4. The number of aromatic hydroxyl groups is 4. The summed E-state index contributed by atoms with van der Waals surface area (Å²) in [6.45, 7) is 3.82. The first kappa shape index (κ1) is 28.3. The minimum absolute atomic E-state index is 0.0293. The predicted molar refractivity (Wildman–Crippen MR) is 153 cm³/mol. The zero-order valence-electron chi connectivity index (χ0n) is 23.5. The molecule has 0 aromatic heterocycles. The maximum atomic E-state index is 11.1. The SMILES string of the molecule is COc1cc(C)cc(Cc2cc(OC)c(O)c(-c3cc(Cc4cc(C)cc(OC)c4O)cc(OC)c3O)c2)c1O. The molecule has 0 bridgehead atoms. The van der Waals surface area contributed by atoms with Crippen LogP contribution in [-0.2, 0) is 12.8 Å². The predicted octanol–water partition coefficient (Wildman–Crippen LogP) is 6.01. The molecule has 0 saturated carbocycles. The number of rotatable bonds is 9. The lowest BCUT2D eigenvalue weighted by molar-refractivity contribution is 0.369. The highest BCUT2D eigenvalue weighted by molar-refractivity contribution is 5.81. The van der Waals surface area contributed by atoms with E-state index in [1.54, 1.807) is 36.4 Å². The van der Waals surface area contributed by atoms with E-state index in [9.17, 15) is 20.4 Å². The van der Waals surface area contributed by atoms with Crippen LogP contribution in [-0.4, -0.2) is 48.9 Å². The molecule has 0 radical (unpaired) electrons. The molecule has 0 spiro atoms. The highest BCUT2D eigenvalue weighted by Gasteiger charge is 2.21. The number of phenols is 4. The van der Waals surface area contributed by atoms with Gasteiger partial charge in [-0.3, -0.25) is 0 Å². The van der Waals surface area contributed by atoms with Crippen molar-refractivity contribution in [3.05, 3.63) is 81.9 Å². The van der Waals surface area contributed by atoms with Crippen molar-refractivity contribution in [3.8, 4) is 57.1 Å². The Balaban J connectivity index is 1.85. The van der Waals surface area contributed by atoms with Crippen LogP contribution in [0.5, 0.6) is 46.0 Å². The van der Waals surface area contributed by atoms with Crippen molar-refractivity contribution in [2.45, 2.75) is 26.7 Å². The van der Waals surface area contributed by atoms with Gasteiger partial charge in [-0.05, 0) is 72.5 Å². The van der Waals surface area contributed by atoms with Gasteiger partial charge in [0.15, 0.2) is 46.0 Å². The lowest BCUT2D eigenvalue weighted by Gasteiger charge is -2.17. The molecule has 0 unspecified atom stereocenters. The molecule has 8 heteroatoms. The molecule has 4 N–H and O–H groups in total. The molecule has 4 rings (SSSR count). The normalized spacial score (nSPS) is 10.8. The fourth-order valence-electron chi connectivity index (χ4n) is 4.91. The maximum absolute atomic E-state index is 11.1. The van der Waals surface area contributed by atoms with Gasteiger partial charge >= 0.3 is 0 Å². The van der Waals surface area contributed by atoms with Crippen LogP contribution in [0.25, 0.3) is 11.1 Å². The zero-order valence-corrected chi connectivity index (χ0v) is 23.5. The first-order valence-corrected chi connectivity index (χ1v) is 12.6. The van der Waals surface area contributed by atoms with E-state index < -0.39 is 0 Å². The number of phenolic OH excluding ortho intramolecular Hbond substituents is 4. The fourth-order valence-corrected chi connectivity index (χ4v) is 4.91. The Morgan fingerprint density at radius 3 is 1.10 bits per heavy atom. The van der Waals surface area contributed by atoms with Crippen molar-refractivity contribution in [2.24, 2.45) is 0 Å². The third-order valence-corrected chi connectivity index (χ3v) is 6.82. The van der Waals surface area contributed by atoms with E-state index in [4.69, 9.17) is 18.9 Å². The van der Waals surface area contributed by atoms with Crippen LogP contribution in [0.15, 0.2) is 48.5 Å². The molecule has 40 heavy (non-hydrogen) atoms. The molecule has 0 aliphatic rings. The summed E-state index contributed by atoms with van der Waals surface area (Å²) in [7, 11) is 5.88. The summed E-state index contributed by atoms with van der Waals surface area (Å²) in [4.78, 5) is 0. The molecule has 0 saturated heterocycles. The first-order valence-electron chi connectivity index (χ1n) is 12.6. The van der Waals surface area contributed by atoms with Crippen LogP contribution in [0.4, 0.5) is 0 Å². The Kier molecular flexibility index (Phi) is 8.18. The summed E-state index contributed by atoms with van der Waals surface area (Å²) in [5, 5.41) is 43.7. The Hall–Kier alpha value is -4.72. The quantitative estimate of drug-likeness (QED) is 0.202. The van der Waals surface area contributed by atoms with Crippen LogP contribution >= 0.6 is 0 Å². The van der Waals surface area contributed by atoms with E-state index >= 15 is 0 Å². The monoisotopic (exact) mass is 546 g/mol. The molecule has 4 aromatic rings. The second-order valence-corrected chi connectivity index (χ2v) is 9.69. The van der Waals surface area contributed by atoms with E-state index in [1.807, 2.05) is 26.0 Å². The number of hydrogen-bond acceptors (Lipinski definition) is 8. The van der Waals surface area contributed by atoms with Crippen molar-refractivity contribution in [3.63, 3.8) is 0 Å². The standard InChI is InChI=1S/C32H34O8/c1-17-7-21(29(33)25(9-17)37-3)11-19-13-23(31(35)27(15-19)39-5)24-14-20(16-28(40-6)32(24)36)12-22-8-18(2)10-26(38-4)30(22)34/h7-10,13-16,33-36H,11-12H2,1-6H3. The van der Waals surface area contributed by atoms with Gasteiger partial charge in [-0.25, -0.2) is 0 Å². The summed E-state index contributed by atoms with van der Waals surface area (Å²) in [5.74, 6) is 0.883. The molecular weight excluding hydrogens is 512 g/mol. The summed E-state index contributed by atoms with van der Waals surface area (Å²) in [5.41, 5.74) is 5.18. The van der Waals surface area contributed by atoms with Gasteiger partial charge in [-0.2, -0.15) is 0 Å². The van der Waals surface area contributed by atoms with Crippen molar-refractivity contribution in [2.75, 3.05) is 28.4 Å². The number of ether oxygens (including phenoxy) is 4. The van der Waals surface area contributed by atoms with Crippen molar-refractivity contribution < 1.29 is 39.4 Å². The Bertz CT molecular complexity index is 1440. The minimum Gasteiger partial charge on any atom is -0.504 e. The molecule has 210 valence electrons. The zero-order chi connectivity index (χ0) is 29.1. The van der Waals surface area contributed by atoms with Gasteiger partial charge in [-0.15, -0.1) is 0 Å². The van der Waals surface area contributed by atoms with Gasteiger partial charge in [-0.1, -0.05) is 12.1 Å². The van der Waals surface area contributed by atoms with Gasteiger partial charge < -0.3 is 39.4 Å². The van der Waals surface area contributed by atoms with Crippen LogP contribution in [0, 0.1) is 13.8 Å². The van der Waals surface area contributed by atoms with Crippen LogP contribution in [0.2, 0.25) is 0 Å². The van der Waals surface area contributed by atoms with Gasteiger partial charge in [0.1, 0.15) is 0 Å². The molecule has 8 nitrogen and oxygen atoms in total. The third kappa shape index (κ3) is 5.52. The van der Waals surface area contributed by atoms with Crippen LogP contribution < -0.4 is 18.9 Å². The molecule has 0 aliphatic carbocycles. The third-order valence-electron chi connectivity index (χ3n) is 6.82. The van der Waals surface area contributed by atoms with Gasteiger partial charge in [0.2, 0.25) is 0 Å². The summed E-state index contributed by atoms with van der Waals surface area (Å²) in [6.07, 6.45) is 0.615. The highest BCUT2D eigenvalue weighted by Crippen LogP contribution is 2.47. The Labute approximate surface area is 233 Å². The topological polar surface area (TPSA) is 118 Å². The van der Waals surface area contributed by atoms with E-state index in [0.29, 0.717) is 46.6 Å². The van der Waals surface area contributed by atoms with E-state index in [-0.39, 0.29) is 34.5 Å². The molecule has 0 heterocycles. The second kappa shape index (κ2) is 11.6. The largest absolute Gasteiger partial charge is 0.504 e. The fraction of sp³-hybridized carbons (Fsp3) is 0.250. The average molecular weight is 547 g/mol. The molecule has 0 amide bonds. The molecule has 0 atom stereocenters. The first-order chi connectivity index (χ1) is 19.1. The van der Waals surface area contributed by atoms with Crippen molar-refractivity contribution in [1.29, 1.82) is 0 Å².